The molecule has 0 rings (SSSR count). The highest BCUT2D eigenvalue weighted by Crippen LogP contribution is 1.97. The number of nitrogens with zero attached hydrogens (tertiary/aromatic N) is 1. The van der Waals surface area contributed by atoms with Crippen molar-refractivity contribution < 1.29 is 4.79 Å². The Balaban J connectivity index is 3.39. The van der Waals surface area contributed by atoms with Crippen molar-refractivity contribution in [3.8, 4) is 6.07 Å². The molecule has 0 bridgehead atoms. The van der Waals surface area contributed by atoms with Crippen molar-refractivity contribution in [1.82, 2.24) is 10.6 Å². The predicted molar refractivity (Wildman–Crippen MR) is 60.2 cm³/mol. The Bertz CT molecular complexity index is 225. The fourth-order valence-electron chi connectivity index (χ4n) is 1.03. The zero-order valence-corrected chi connectivity index (χ0v) is 9.89. The number of rotatable bonds is 6. The Morgan fingerprint density at radius 3 is 2.53 bits per heavy atom. The van der Waals surface area contributed by atoms with E-state index in [1.54, 1.807) is 0 Å². The van der Waals surface area contributed by atoms with Gasteiger partial charge in [-0.3, -0.25) is 4.79 Å². The first-order valence-corrected chi connectivity index (χ1v) is 5.34. The zero-order chi connectivity index (χ0) is 11.7. The Kier molecular flexibility index (Phi) is 6.72. The number of carbonyl (C=O) groups excluding carboxylic acids is 1. The van der Waals surface area contributed by atoms with Crippen LogP contribution in [0.25, 0.3) is 0 Å². The van der Waals surface area contributed by atoms with E-state index in [4.69, 9.17) is 5.26 Å². The first kappa shape index (κ1) is 13.9. The van der Waals surface area contributed by atoms with Crippen LogP contribution in [0.15, 0.2) is 0 Å². The number of nitrogens with one attached hydrogen (secondary N) is 2. The fraction of sp³-hybridized carbons (Fsp3) is 0.818. The Labute approximate surface area is 92.0 Å². The van der Waals surface area contributed by atoms with Crippen LogP contribution < -0.4 is 10.6 Å². The minimum atomic E-state index is 0.0460. The van der Waals surface area contributed by atoms with E-state index in [9.17, 15) is 4.79 Å². The van der Waals surface area contributed by atoms with Crippen LogP contribution in [0, 0.1) is 11.3 Å². The number of hydrogen-bond donors (Lipinski definition) is 2. The number of amides is 1. The molecule has 0 aliphatic heterocycles. The third-order valence-corrected chi connectivity index (χ3v) is 1.79. The summed E-state index contributed by atoms with van der Waals surface area (Å²) < 4.78 is 0. The van der Waals surface area contributed by atoms with Gasteiger partial charge in [-0.2, -0.15) is 5.26 Å². The van der Waals surface area contributed by atoms with Crippen molar-refractivity contribution in [3.05, 3.63) is 0 Å². The van der Waals surface area contributed by atoms with Gasteiger partial charge in [0.1, 0.15) is 0 Å². The van der Waals surface area contributed by atoms with Gasteiger partial charge in [0.05, 0.1) is 6.07 Å². The third kappa shape index (κ3) is 10.8. The first-order chi connectivity index (χ1) is 6.95. The van der Waals surface area contributed by atoms with Gasteiger partial charge in [0.2, 0.25) is 5.91 Å². The van der Waals surface area contributed by atoms with Crippen LogP contribution in [-0.2, 0) is 4.79 Å². The third-order valence-electron chi connectivity index (χ3n) is 1.79. The molecule has 0 heterocycles. The van der Waals surface area contributed by atoms with E-state index in [0.29, 0.717) is 25.9 Å². The van der Waals surface area contributed by atoms with E-state index in [-0.39, 0.29) is 11.4 Å². The molecule has 0 saturated heterocycles. The molecule has 0 spiro atoms. The molecule has 0 radical (unpaired) electrons. The molecule has 0 aromatic rings. The van der Waals surface area contributed by atoms with Crippen molar-refractivity contribution >= 4 is 5.91 Å². The Morgan fingerprint density at radius 1 is 1.33 bits per heavy atom. The maximum absolute atomic E-state index is 11.3. The molecular weight excluding hydrogens is 190 g/mol. The standard InChI is InChI=1S/C11H21N3O/c1-11(2,3)14-9-6-10(15)13-8-5-4-7-12/h14H,4-6,8-9H2,1-3H3,(H,13,15). The minimum absolute atomic E-state index is 0.0460. The molecule has 2 N–H and O–H groups in total. The van der Waals surface area contributed by atoms with Crippen molar-refractivity contribution in [1.29, 1.82) is 5.26 Å². The molecule has 0 aliphatic carbocycles. The van der Waals surface area contributed by atoms with Crippen molar-refractivity contribution in [2.24, 2.45) is 0 Å². The van der Waals surface area contributed by atoms with E-state index in [1.807, 2.05) is 6.07 Å². The summed E-state index contributed by atoms with van der Waals surface area (Å²) in [5, 5.41) is 14.3. The smallest absolute Gasteiger partial charge is 0.221 e. The van der Waals surface area contributed by atoms with E-state index in [0.717, 1.165) is 6.42 Å². The predicted octanol–water partition coefficient (Wildman–Crippen LogP) is 1.18. The molecule has 0 aromatic carbocycles. The lowest BCUT2D eigenvalue weighted by Gasteiger charge is -2.20. The molecule has 4 heteroatoms. The monoisotopic (exact) mass is 211 g/mol. The molecule has 0 unspecified atom stereocenters. The number of unbranched alkanes of at least 4 members (excludes halogenated alkanes) is 1. The van der Waals surface area contributed by atoms with Gasteiger partial charge in [-0.25, -0.2) is 0 Å². The number of hydrogen-bond acceptors (Lipinski definition) is 3. The second-order valence-corrected chi connectivity index (χ2v) is 4.54. The van der Waals surface area contributed by atoms with Gasteiger partial charge in [0, 0.05) is 31.5 Å². The van der Waals surface area contributed by atoms with Gasteiger partial charge < -0.3 is 10.6 Å². The SMILES string of the molecule is CC(C)(C)NCCC(=O)NCCCC#N. The molecule has 0 atom stereocenters. The molecule has 15 heavy (non-hydrogen) atoms. The lowest BCUT2D eigenvalue weighted by atomic mass is 10.1. The van der Waals surface area contributed by atoms with Crippen LogP contribution in [0.5, 0.6) is 0 Å². The molecule has 0 aliphatic rings. The summed E-state index contributed by atoms with van der Waals surface area (Å²) in [5.74, 6) is 0.0460. The van der Waals surface area contributed by atoms with Crippen molar-refractivity contribution in [2.45, 2.75) is 45.6 Å². The highest BCUT2D eigenvalue weighted by Gasteiger charge is 2.08. The van der Waals surface area contributed by atoms with E-state index >= 15 is 0 Å². The summed E-state index contributed by atoms with van der Waals surface area (Å²) in [6.45, 7) is 7.49. The van der Waals surface area contributed by atoms with Gasteiger partial charge in [0.15, 0.2) is 0 Å². The maximum atomic E-state index is 11.3. The van der Waals surface area contributed by atoms with Crippen LogP contribution in [0.3, 0.4) is 0 Å². The lowest BCUT2D eigenvalue weighted by molar-refractivity contribution is -0.121. The molecular formula is C11H21N3O. The second kappa shape index (κ2) is 7.24. The Hall–Kier alpha value is -1.08. The maximum Gasteiger partial charge on any atom is 0.221 e. The average Bonchev–Trinajstić information content (AvgIpc) is 2.10. The zero-order valence-electron chi connectivity index (χ0n) is 9.89. The second-order valence-electron chi connectivity index (χ2n) is 4.54. The van der Waals surface area contributed by atoms with Crippen LogP contribution in [0.2, 0.25) is 0 Å². The van der Waals surface area contributed by atoms with Gasteiger partial charge in [0.25, 0.3) is 0 Å². The Morgan fingerprint density at radius 2 is 2.00 bits per heavy atom. The van der Waals surface area contributed by atoms with Crippen molar-refractivity contribution in [3.63, 3.8) is 0 Å². The van der Waals surface area contributed by atoms with E-state index < -0.39 is 0 Å². The minimum Gasteiger partial charge on any atom is -0.356 e. The highest BCUT2D eigenvalue weighted by atomic mass is 16.1. The highest BCUT2D eigenvalue weighted by molar-refractivity contribution is 5.75. The molecule has 1 amide bonds. The molecule has 0 saturated carbocycles. The molecule has 0 aromatic heterocycles. The molecule has 4 nitrogen and oxygen atoms in total. The largest absolute Gasteiger partial charge is 0.356 e. The lowest BCUT2D eigenvalue weighted by Crippen LogP contribution is -2.38. The van der Waals surface area contributed by atoms with E-state index in [2.05, 4.69) is 31.4 Å². The normalized spacial score (nSPS) is 10.8. The van der Waals surface area contributed by atoms with Crippen LogP contribution in [0.4, 0.5) is 0 Å². The summed E-state index contributed by atoms with van der Waals surface area (Å²) in [6, 6.07) is 2.04. The van der Waals surface area contributed by atoms with Gasteiger partial charge >= 0.3 is 0 Å². The summed E-state index contributed by atoms with van der Waals surface area (Å²) >= 11 is 0. The summed E-state index contributed by atoms with van der Waals surface area (Å²) in [5.41, 5.74) is 0.0566. The number of carbonyl (C=O) groups is 1. The van der Waals surface area contributed by atoms with Gasteiger partial charge in [-0.1, -0.05) is 0 Å². The average molecular weight is 211 g/mol. The summed E-state index contributed by atoms with van der Waals surface area (Å²) in [7, 11) is 0. The molecule has 86 valence electrons. The molecule has 0 fully saturated rings. The quantitative estimate of drug-likeness (QED) is 0.648. The fourth-order valence-corrected chi connectivity index (χ4v) is 1.03. The summed E-state index contributed by atoms with van der Waals surface area (Å²) in [6.07, 6.45) is 1.72. The van der Waals surface area contributed by atoms with Crippen LogP contribution >= 0.6 is 0 Å². The van der Waals surface area contributed by atoms with Gasteiger partial charge in [-0.15, -0.1) is 0 Å². The van der Waals surface area contributed by atoms with Crippen molar-refractivity contribution in [2.75, 3.05) is 13.1 Å². The summed E-state index contributed by atoms with van der Waals surface area (Å²) in [4.78, 5) is 11.3. The first-order valence-electron chi connectivity index (χ1n) is 5.34. The van der Waals surface area contributed by atoms with E-state index in [1.165, 1.54) is 0 Å². The van der Waals surface area contributed by atoms with Crippen LogP contribution in [-0.4, -0.2) is 24.5 Å². The topological polar surface area (TPSA) is 64.9 Å². The number of nitriles is 1. The van der Waals surface area contributed by atoms with Gasteiger partial charge in [-0.05, 0) is 27.2 Å². The van der Waals surface area contributed by atoms with Crippen LogP contribution in [0.1, 0.15) is 40.0 Å².